The van der Waals surface area contributed by atoms with Crippen molar-refractivity contribution in [3.8, 4) is 0 Å². The van der Waals surface area contributed by atoms with Crippen molar-refractivity contribution in [1.29, 1.82) is 0 Å². The third-order valence-electron chi connectivity index (χ3n) is 11.5. The number of allylic oxidation sites excluding steroid dienone is 6. The minimum absolute atomic E-state index is 0.0416. The van der Waals surface area contributed by atoms with Gasteiger partial charge in [-0.3, -0.25) is 9.59 Å². The molecule has 0 rings (SSSR count). The Hall–Kier alpha value is -2.45. The number of hydrogen-bond acceptors (Lipinski definition) is 7. The molecule has 0 amide bonds. The number of ether oxygens (including phenoxy) is 3. The Labute approximate surface area is 376 Å². The molecular weight excluding hydrogens is 763 g/mol. The van der Waals surface area contributed by atoms with Gasteiger partial charge in [0.15, 0.2) is 6.10 Å². The first kappa shape index (κ1) is 58.6. The van der Waals surface area contributed by atoms with Gasteiger partial charge < -0.3 is 28.6 Å². The summed E-state index contributed by atoms with van der Waals surface area (Å²) in [5, 5.41) is 11.7. The van der Waals surface area contributed by atoms with E-state index in [1.807, 2.05) is 0 Å². The average Bonchev–Trinajstić information content (AvgIpc) is 3.22. The molecular formula is C53H97NO7. The first-order chi connectivity index (χ1) is 29.6. The van der Waals surface area contributed by atoms with Gasteiger partial charge in [-0.15, -0.1) is 0 Å². The second-order valence-electron chi connectivity index (χ2n) is 18.4. The zero-order chi connectivity index (χ0) is 44.9. The quantitative estimate of drug-likeness (QED) is 0.0260. The number of quaternary nitrogens is 1. The van der Waals surface area contributed by atoms with Gasteiger partial charge in [-0.05, 0) is 51.4 Å². The summed E-state index contributed by atoms with van der Waals surface area (Å²) < 4.78 is 17.2. The minimum atomic E-state index is -1.12. The van der Waals surface area contributed by atoms with Gasteiger partial charge in [-0.1, -0.05) is 198 Å². The molecule has 2 atom stereocenters. The number of carbonyl (C=O) groups excluding carboxylic acids is 3. The van der Waals surface area contributed by atoms with Crippen molar-refractivity contribution in [2.24, 2.45) is 0 Å². The molecule has 0 aromatic rings. The highest BCUT2D eigenvalue weighted by atomic mass is 16.6. The van der Waals surface area contributed by atoms with Crippen LogP contribution in [0.15, 0.2) is 36.5 Å². The molecule has 0 aliphatic rings. The number of carboxylic acids is 1. The average molecular weight is 860 g/mol. The number of carbonyl (C=O) groups is 3. The van der Waals surface area contributed by atoms with Gasteiger partial charge >= 0.3 is 11.9 Å². The summed E-state index contributed by atoms with van der Waals surface area (Å²) >= 11 is 0. The molecule has 0 radical (unpaired) electrons. The molecule has 8 nitrogen and oxygen atoms in total. The maximum absolute atomic E-state index is 12.8. The molecule has 0 N–H and O–H groups in total. The van der Waals surface area contributed by atoms with E-state index in [1.165, 1.54) is 141 Å². The monoisotopic (exact) mass is 860 g/mol. The summed E-state index contributed by atoms with van der Waals surface area (Å²) in [6.07, 6.45) is 51.6. The van der Waals surface area contributed by atoms with E-state index in [0.717, 1.165) is 57.8 Å². The van der Waals surface area contributed by atoms with Gasteiger partial charge in [0.2, 0.25) is 0 Å². The lowest BCUT2D eigenvalue weighted by atomic mass is 10.0. The largest absolute Gasteiger partial charge is 0.544 e. The maximum atomic E-state index is 12.8. The van der Waals surface area contributed by atoms with Gasteiger partial charge in [0.1, 0.15) is 12.6 Å². The number of hydrogen-bond donors (Lipinski definition) is 0. The van der Waals surface area contributed by atoms with Crippen LogP contribution in [0.3, 0.4) is 0 Å². The molecule has 0 saturated carbocycles. The van der Waals surface area contributed by atoms with Gasteiger partial charge in [0, 0.05) is 19.3 Å². The van der Waals surface area contributed by atoms with Crippen molar-refractivity contribution in [1.82, 2.24) is 0 Å². The Bertz CT molecular complexity index is 1090. The molecule has 0 fully saturated rings. The summed E-state index contributed by atoms with van der Waals surface area (Å²) in [6, 6.07) is -0.725. The van der Waals surface area contributed by atoms with Crippen LogP contribution in [0, 0.1) is 0 Å². The topological polar surface area (TPSA) is 102 Å². The zero-order valence-electron chi connectivity index (χ0n) is 40.6. The molecule has 0 heterocycles. The summed E-state index contributed by atoms with van der Waals surface area (Å²) in [5.74, 6) is -1.73. The third kappa shape index (κ3) is 42.6. The molecule has 356 valence electrons. The fourth-order valence-electron chi connectivity index (χ4n) is 7.55. The molecule has 61 heavy (non-hydrogen) atoms. The number of nitrogens with zero attached hydrogens (tertiary/aromatic N) is 1. The number of aliphatic carboxylic acids is 1. The van der Waals surface area contributed by atoms with Crippen molar-refractivity contribution < 1.29 is 38.2 Å². The van der Waals surface area contributed by atoms with E-state index < -0.39 is 18.1 Å². The van der Waals surface area contributed by atoms with E-state index in [9.17, 15) is 19.5 Å². The molecule has 0 spiro atoms. The van der Waals surface area contributed by atoms with Crippen molar-refractivity contribution in [3.05, 3.63) is 36.5 Å². The highest BCUT2D eigenvalue weighted by Gasteiger charge is 2.25. The number of carboxylic acid groups (broad SMARTS) is 1. The van der Waals surface area contributed by atoms with Crippen LogP contribution in [0.1, 0.15) is 232 Å². The van der Waals surface area contributed by atoms with E-state index in [0.29, 0.717) is 12.8 Å². The summed E-state index contributed by atoms with van der Waals surface area (Å²) in [6.45, 7) is 4.66. The van der Waals surface area contributed by atoms with Crippen molar-refractivity contribution in [2.75, 3.05) is 41.0 Å². The van der Waals surface area contributed by atoms with Gasteiger partial charge in [-0.2, -0.15) is 0 Å². The van der Waals surface area contributed by atoms with Crippen LogP contribution < -0.4 is 5.11 Å². The lowest BCUT2D eigenvalue weighted by molar-refractivity contribution is -0.889. The van der Waals surface area contributed by atoms with Crippen LogP contribution in [0.25, 0.3) is 0 Å². The van der Waals surface area contributed by atoms with Crippen LogP contribution in [0.4, 0.5) is 0 Å². The molecule has 0 aromatic heterocycles. The van der Waals surface area contributed by atoms with E-state index in [-0.39, 0.29) is 42.7 Å². The summed E-state index contributed by atoms with van der Waals surface area (Å²) in [7, 11) is 5.42. The zero-order valence-corrected chi connectivity index (χ0v) is 40.6. The number of esters is 2. The molecule has 0 aliphatic heterocycles. The van der Waals surface area contributed by atoms with Gasteiger partial charge in [0.25, 0.3) is 0 Å². The number of rotatable bonds is 46. The maximum Gasteiger partial charge on any atom is 0.306 e. The first-order valence-electron chi connectivity index (χ1n) is 25.5. The third-order valence-corrected chi connectivity index (χ3v) is 11.5. The van der Waals surface area contributed by atoms with Crippen LogP contribution in [0.5, 0.6) is 0 Å². The second-order valence-corrected chi connectivity index (χ2v) is 18.4. The fraction of sp³-hybridized carbons (Fsp3) is 0.830. The standard InChI is InChI=1S/C53H97NO7/c1-6-8-10-12-14-16-18-20-22-23-24-25-26-27-28-30-32-34-36-38-40-42-44-52(56)61-49(47-59-46-45-50(53(57)58)54(3,4)5)48-60-51(55)43-41-39-37-35-33-31-29-21-19-17-15-13-11-9-7-2/h14,16,20,22,24-25,49-50H,6-13,15,17-19,21,23,26-48H2,1-5H3/b16-14+,22-20+,25-24+. The first-order valence-corrected chi connectivity index (χ1v) is 25.5. The Kier molecular flexibility index (Phi) is 42.4. The molecule has 0 saturated heterocycles. The fourth-order valence-corrected chi connectivity index (χ4v) is 7.55. The Morgan fingerprint density at radius 3 is 1.31 bits per heavy atom. The van der Waals surface area contributed by atoms with Gasteiger partial charge in [-0.25, -0.2) is 0 Å². The predicted octanol–water partition coefficient (Wildman–Crippen LogP) is 13.3. The smallest absolute Gasteiger partial charge is 0.306 e. The molecule has 2 unspecified atom stereocenters. The lowest BCUT2D eigenvalue weighted by Crippen LogP contribution is -2.55. The van der Waals surface area contributed by atoms with Crippen molar-refractivity contribution in [2.45, 2.75) is 244 Å². The summed E-state index contributed by atoms with van der Waals surface area (Å²) in [5.41, 5.74) is 0. The molecule has 8 heteroatoms. The molecule has 0 aliphatic carbocycles. The second kappa shape index (κ2) is 44.2. The highest BCUT2D eigenvalue weighted by Crippen LogP contribution is 2.16. The molecule has 0 aromatic carbocycles. The van der Waals surface area contributed by atoms with E-state index in [4.69, 9.17) is 14.2 Å². The van der Waals surface area contributed by atoms with E-state index in [1.54, 1.807) is 21.1 Å². The lowest BCUT2D eigenvalue weighted by Gasteiger charge is -2.34. The number of likely N-dealkylation sites (N-methyl/N-ethyl adjacent to an activating group) is 1. The Morgan fingerprint density at radius 1 is 0.492 bits per heavy atom. The Balaban J connectivity index is 4.24. The van der Waals surface area contributed by atoms with Crippen molar-refractivity contribution >= 4 is 17.9 Å². The summed E-state index contributed by atoms with van der Waals surface area (Å²) in [4.78, 5) is 37.0. The van der Waals surface area contributed by atoms with Crippen LogP contribution >= 0.6 is 0 Å². The van der Waals surface area contributed by atoms with Gasteiger partial charge in [0.05, 0.1) is 40.3 Å². The van der Waals surface area contributed by atoms with Crippen LogP contribution in [-0.4, -0.2) is 75.5 Å². The predicted molar refractivity (Wildman–Crippen MR) is 254 cm³/mol. The number of unbranched alkanes of at least 4 members (excludes halogenated alkanes) is 26. The minimum Gasteiger partial charge on any atom is -0.544 e. The van der Waals surface area contributed by atoms with E-state index in [2.05, 4.69) is 50.3 Å². The van der Waals surface area contributed by atoms with Crippen LogP contribution in [-0.2, 0) is 28.6 Å². The molecule has 0 bridgehead atoms. The Morgan fingerprint density at radius 2 is 0.869 bits per heavy atom. The normalized spacial score (nSPS) is 13.1. The van der Waals surface area contributed by atoms with Crippen molar-refractivity contribution in [3.63, 3.8) is 0 Å². The van der Waals surface area contributed by atoms with Crippen LogP contribution in [0.2, 0.25) is 0 Å². The SMILES string of the molecule is CCCCC/C=C/C/C=C/C/C=C/CCCCCCCCCCCC(=O)OC(COCCC(C(=O)[O-])[N+](C)(C)C)COC(=O)CCCCCCCCCCCCCCCCC. The highest BCUT2D eigenvalue weighted by molar-refractivity contribution is 5.70. The van der Waals surface area contributed by atoms with E-state index >= 15 is 0 Å².